The van der Waals surface area contributed by atoms with E-state index in [9.17, 15) is 39.6 Å². The van der Waals surface area contributed by atoms with Crippen molar-refractivity contribution in [3.8, 4) is 0 Å². The molecule has 1 aliphatic rings. The summed E-state index contributed by atoms with van der Waals surface area (Å²) in [6, 6.07) is 38.5. The number of benzene rings is 4. The number of unbranched alkanes of at least 4 members (excludes halogenated alkanes) is 8. The van der Waals surface area contributed by atoms with Crippen LogP contribution in [-0.2, 0) is 26.2 Å². The van der Waals surface area contributed by atoms with Gasteiger partial charge in [-0.2, -0.15) is 0 Å². The highest BCUT2D eigenvalue weighted by atomic mass is 16.4. The molecule has 1 fully saturated rings. The van der Waals surface area contributed by atoms with Crippen LogP contribution in [-0.4, -0.2) is 168 Å². The van der Waals surface area contributed by atoms with Gasteiger partial charge in [0.2, 0.25) is 0 Å². The maximum atomic E-state index is 12.1. The van der Waals surface area contributed by atoms with Crippen molar-refractivity contribution in [2.45, 2.75) is 122 Å². The van der Waals surface area contributed by atoms with Crippen LogP contribution in [0.5, 0.6) is 0 Å². The lowest BCUT2D eigenvalue weighted by Crippen LogP contribution is -2.41. The maximum Gasteiger partial charge on any atom is 0.137 e. The highest BCUT2D eigenvalue weighted by Gasteiger charge is 2.16. The molecule has 79 heavy (non-hydrogen) atoms. The summed E-state index contributed by atoms with van der Waals surface area (Å²) in [6.07, 6.45) is 8.92. The van der Waals surface area contributed by atoms with Gasteiger partial charge in [0, 0.05) is 65.4 Å². The molecule has 16 heteroatoms. The van der Waals surface area contributed by atoms with Crippen LogP contribution in [0, 0.1) is 0 Å². The molecule has 0 N–H and O–H groups in total. The molecule has 434 valence electrons. The van der Waals surface area contributed by atoms with Crippen molar-refractivity contribution in [1.29, 1.82) is 0 Å². The highest BCUT2D eigenvalue weighted by Crippen LogP contribution is 2.14. The van der Waals surface area contributed by atoms with Crippen molar-refractivity contribution in [2.24, 2.45) is 0 Å². The van der Waals surface area contributed by atoms with E-state index in [2.05, 4.69) is 19.6 Å². The van der Waals surface area contributed by atoms with Gasteiger partial charge in [0.25, 0.3) is 0 Å². The molecule has 0 aromatic heterocycles. The first kappa shape index (κ1) is 63.6. The third kappa shape index (κ3) is 27.5. The lowest BCUT2D eigenvalue weighted by atomic mass is 10.1. The zero-order valence-corrected chi connectivity index (χ0v) is 47.1. The first-order valence-electron chi connectivity index (χ1n) is 29.4. The standard InChI is InChI=1S/C63H94N8O8/c72-60(73)68(52-56-28-9-1-10-29-56)46-21-5-17-36-64-40-25-41-65(37-18-6-22-47-69(61(74)75)53-57-30-11-2-12-31-57)43-27-45-67(39-20-8-24-49-71(63(78)79)55-59-34-15-4-16-35-59)51-50-66(44-26-42-64)38-19-7-23-48-70(62(76)77)54-58-32-13-3-14-33-58/h1-4,9-16,28-35H,5-8,17-27,36-55H2,(H,72,73)(H,74,75)(H,76,77)(H,78,79)/p-4. The molecule has 0 spiro atoms. The van der Waals surface area contributed by atoms with Crippen LogP contribution in [0.15, 0.2) is 121 Å². The second-order valence-electron chi connectivity index (χ2n) is 21.4. The summed E-state index contributed by atoms with van der Waals surface area (Å²) in [5.41, 5.74) is 3.78. The molecule has 4 amide bonds. The van der Waals surface area contributed by atoms with E-state index in [1.807, 2.05) is 121 Å². The number of nitrogens with zero attached hydrogens (tertiary/aromatic N) is 8. The Kier molecular flexibility index (Phi) is 30.9. The van der Waals surface area contributed by atoms with E-state index in [1.54, 1.807) is 0 Å². The van der Waals surface area contributed by atoms with Gasteiger partial charge >= 0.3 is 0 Å². The van der Waals surface area contributed by atoms with Crippen molar-refractivity contribution >= 4 is 24.4 Å². The van der Waals surface area contributed by atoms with E-state index >= 15 is 0 Å². The Morgan fingerprint density at radius 1 is 0.291 bits per heavy atom. The number of rotatable bonds is 32. The third-order valence-electron chi connectivity index (χ3n) is 15.1. The van der Waals surface area contributed by atoms with E-state index in [-0.39, 0.29) is 0 Å². The Morgan fingerprint density at radius 3 is 0.696 bits per heavy atom. The lowest BCUT2D eigenvalue weighted by Gasteiger charge is -2.29. The molecule has 4 aromatic carbocycles. The van der Waals surface area contributed by atoms with Gasteiger partial charge in [0.15, 0.2) is 0 Å². The van der Waals surface area contributed by atoms with Gasteiger partial charge in [0.1, 0.15) is 24.4 Å². The van der Waals surface area contributed by atoms with Gasteiger partial charge in [-0.15, -0.1) is 0 Å². The van der Waals surface area contributed by atoms with Gasteiger partial charge in [-0.25, -0.2) is 0 Å². The van der Waals surface area contributed by atoms with E-state index < -0.39 is 24.4 Å². The second-order valence-corrected chi connectivity index (χ2v) is 21.4. The maximum absolute atomic E-state index is 12.1. The molecule has 1 saturated heterocycles. The van der Waals surface area contributed by atoms with E-state index in [0.717, 1.165) is 197 Å². The quantitative estimate of drug-likeness (QED) is 0.0488. The van der Waals surface area contributed by atoms with E-state index in [0.29, 0.717) is 52.4 Å². The number of amides is 4. The van der Waals surface area contributed by atoms with Crippen molar-refractivity contribution in [3.63, 3.8) is 0 Å². The van der Waals surface area contributed by atoms with Crippen LogP contribution in [0.1, 0.15) is 119 Å². The fourth-order valence-electron chi connectivity index (χ4n) is 10.6. The fourth-order valence-corrected chi connectivity index (χ4v) is 10.6. The van der Waals surface area contributed by atoms with Crippen LogP contribution in [0.25, 0.3) is 0 Å². The summed E-state index contributed by atoms with van der Waals surface area (Å²) in [4.78, 5) is 64.2. The summed E-state index contributed by atoms with van der Waals surface area (Å²) in [5.74, 6) is 0. The van der Waals surface area contributed by atoms with Gasteiger partial charge < -0.3 is 78.8 Å². The smallest absolute Gasteiger partial charge is 0.137 e. The van der Waals surface area contributed by atoms with Crippen LogP contribution in [0.3, 0.4) is 0 Å². The largest absolute Gasteiger partial charge is 0.530 e. The molecule has 0 atom stereocenters. The molecule has 16 nitrogen and oxygen atoms in total. The molecule has 1 heterocycles. The van der Waals surface area contributed by atoms with Crippen molar-refractivity contribution in [3.05, 3.63) is 144 Å². The van der Waals surface area contributed by atoms with E-state index in [4.69, 9.17) is 0 Å². The van der Waals surface area contributed by atoms with Gasteiger partial charge in [0.05, 0.1) is 0 Å². The molecular weight excluding hydrogens is 997 g/mol. The van der Waals surface area contributed by atoms with Crippen LogP contribution >= 0.6 is 0 Å². The molecule has 0 bridgehead atoms. The minimum Gasteiger partial charge on any atom is -0.530 e. The summed E-state index contributed by atoms with van der Waals surface area (Å²) >= 11 is 0. The predicted molar refractivity (Wildman–Crippen MR) is 304 cm³/mol. The number of hydrogen-bond acceptors (Lipinski definition) is 12. The Balaban J connectivity index is 1.21. The highest BCUT2D eigenvalue weighted by molar-refractivity contribution is 5.63. The average molecular weight is 1090 g/mol. The van der Waals surface area contributed by atoms with Crippen LogP contribution in [0.4, 0.5) is 19.2 Å². The molecule has 0 radical (unpaired) electrons. The molecule has 0 saturated carbocycles. The van der Waals surface area contributed by atoms with Crippen molar-refractivity contribution in [1.82, 2.24) is 39.2 Å². The first-order valence-corrected chi connectivity index (χ1v) is 29.4. The Bertz CT molecular complexity index is 2090. The summed E-state index contributed by atoms with van der Waals surface area (Å²) in [7, 11) is 0. The molecule has 0 unspecified atom stereocenters. The summed E-state index contributed by atoms with van der Waals surface area (Å²) < 4.78 is 0. The van der Waals surface area contributed by atoms with Crippen LogP contribution < -0.4 is 20.4 Å². The van der Waals surface area contributed by atoms with E-state index in [1.165, 1.54) is 19.6 Å². The zero-order valence-electron chi connectivity index (χ0n) is 47.1. The number of carbonyl (C=O) groups excluding carboxylic acids is 4. The Hall–Kier alpha value is -6.20. The average Bonchev–Trinajstić information content (AvgIpc) is 3.45. The van der Waals surface area contributed by atoms with Crippen molar-refractivity contribution < 1.29 is 39.6 Å². The van der Waals surface area contributed by atoms with Crippen molar-refractivity contribution in [2.75, 3.05) is 105 Å². The van der Waals surface area contributed by atoms with Gasteiger partial charge in [-0.05, 0) is 158 Å². The monoisotopic (exact) mass is 1090 g/mol. The molecule has 0 aliphatic carbocycles. The number of carbonyl (C=O) groups is 4. The minimum absolute atomic E-state index is 0.315. The van der Waals surface area contributed by atoms with Gasteiger partial charge in [-0.3, -0.25) is 0 Å². The fraction of sp³-hybridized carbons (Fsp3) is 0.556. The second kappa shape index (κ2) is 38.4. The SMILES string of the molecule is O=C([O-])N(CCCCCN1CCCN(CCCCCN(Cc2ccccc2)C(=O)[O-])CCCN(CCCCCN(Cc2ccccc2)C(=O)[O-])CCN(CCCCCN(Cc2ccccc2)C(=O)[O-])CCC1)Cc1ccccc1. The van der Waals surface area contributed by atoms with Gasteiger partial charge in [-0.1, -0.05) is 147 Å². The predicted octanol–water partition coefficient (Wildman–Crippen LogP) is 6.44. The Labute approximate surface area is 472 Å². The Morgan fingerprint density at radius 2 is 0.494 bits per heavy atom. The minimum atomic E-state index is -1.15. The molecule has 4 aromatic rings. The lowest BCUT2D eigenvalue weighted by molar-refractivity contribution is -0.267. The summed E-state index contributed by atoms with van der Waals surface area (Å²) in [6.45, 7) is 14.2. The third-order valence-corrected chi connectivity index (χ3v) is 15.1. The molecule has 5 rings (SSSR count). The molecular formula is C63H90N8O8-4. The summed E-state index contributed by atoms with van der Waals surface area (Å²) in [5, 5.41) is 48.2. The van der Waals surface area contributed by atoms with Crippen LogP contribution in [0.2, 0.25) is 0 Å². The topological polar surface area (TPSA) is 186 Å². The number of hydrogen-bond donors (Lipinski definition) is 0. The number of carboxylic acid groups (broad SMARTS) is 4. The first-order chi connectivity index (χ1) is 38.5. The normalized spacial score (nSPS) is 14.7. The molecule has 1 aliphatic heterocycles. The zero-order chi connectivity index (χ0) is 56.1.